The number of benzene rings is 2. The van der Waals surface area contributed by atoms with Gasteiger partial charge in [-0.1, -0.05) is 24.3 Å². The quantitative estimate of drug-likeness (QED) is 0.262. The number of nitrogens with one attached hydrogen (secondary N) is 4. The fourth-order valence-corrected chi connectivity index (χ4v) is 3.28. The van der Waals surface area contributed by atoms with Gasteiger partial charge in [-0.25, -0.2) is 4.39 Å². The Morgan fingerprint density at radius 3 is 2.53 bits per heavy atom. The number of aromatic nitrogens is 1. The van der Waals surface area contributed by atoms with Crippen molar-refractivity contribution in [1.82, 2.24) is 20.9 Å². The fraction of sp³-hybridized carbons (Fsp3) is 0.304. The summed E-state index contributed by atoms with van der Waals surface area (Å²) in [4.78, 5) is 19.5. The number of fused-ring (bicyclic) bond motifs is 1. The number of halogens is 1. The second-order valence-corrected chi connectivity index (χ2v) is 7.19. The largest absolute Gasteiger partial charge is 0.361 e. The number of amides is 1. The van der Waals surface area contributed by atoms with Crippen LogP contribution in [-0.2, 0) is 17.6 Å². The van der Waals surface area contributed by atoms with Gasteiger partial charge in [-0.05, 0) is 48.2 Å². The number of guanidine groups is 1. The summed E-state index contributed by atoms with van der Waals surface area (Å²) in [5.41, 5.74) is 4.44. The first-order chi connectivity index (χ1) is 14.5. The molecule has 0 saturated carbocycles. The third-order valence-corrected chi connectivity index (χ3v) is 4.85. The first-order valence-corrected chi connectivity index (χ1v) is 10.1. The van der Waals surface area contributed by atoms with Crippen molar-refractivity contribution in [2.45, 2.75) is 19.8 Å². The molecule has 0 radical (unpaired) electrons. The van der Waals surface area contributed by atoms with E-state index >= 15 is 0 Å². The zero-order chi connectivity index (χ0) is 21.3. The van der Waals surface area contributed by atoms with Crippen molar-refractivity contribution in [3.63, 3.8) is 0 Å². The summed E-state index contributed by atoms with van der Waals surface area (Å²) in [5.74, 6) is 0.293. The number of nitrogens with zero attached hydrogens (tertiary/aromatic N) is 1. The summed E-state index contributed by atoms with van der Waals surface area (Å²) in [6.45, 7) is 3.86. The Morgan fingerprint density at radius 1 is 1.03 bits per heavy atom. The Bertz CT molecular complexity index is 1010. The summed E-state index contributed by atoms with van der Waals surface area (Å²) < 4.78 is 12.9. The van der Waals surface area contributed by atoms with E-state index in [1.165, 1.54) is 28.6 Å². The molecule has 0 aliphatic heterocycles. The van der Waals surface area contributed by atoms with E-state index in [1.54, 1.807) is 19.2 Å². The van der Waals surface area contributed by atoms with Crippen molar-refractivity contribution >= 4 is 22.8 Å². The van der Waals surface area contributed by atoms with Crippen LogP contribution in [0.5, 0.6) is 0 Å². The van der Waals surface area contributed by atoms with Crippen LogP contribution in [0.4, 0.5) is 4.39 Å². The van der Waals surface area contributed by atoms with E-state index in [1.807, 2.05) is 0 Å². The van der Waals surface area contributed by atoms with Crippen LogP contribution in [0.1, 0.15) is 16.7 Å². The molecule has 0 fully saturated rings. The lowest BCUT2D eigenvalue weighted by Gasteiger charge is -2.12. The lowest BCUT2D eigenvalue weighted by atomic mass is 10.1. The van der Waals surface area contributed by atoms with Crippen LogP contribution in [0.2, 0.25) is 0 Å². The molecule has 0 spiro atoms. The van der Waals surface area contributed by atoms with Gasteiger partial charge in [0, 0.05) is 43.8 Å². The van der Waals surface area contributed by atoms with E-state index in [0.29, 0.717) is 19.0 Å². The molecule has 0 aliphatic rings. The highest BCUT2D eigenvalue weighted by atomic mass is 19.1. The summed E-state index contributed by atoms with van der Waals surface area (Å²) in [6, 6.07) is 12.4. The molecular weight excluding hydrogens is 381 g/mol. The van der Waals surface area contributed by atoms with Crippen molar-refractivity contribution in [1.29, 1.82) is 0 Å². The minimum Gasteiger partial charge on any atom is -0.361 e. The Hall–Kier alpha value is -3.35. The Balaban J connectivity index is 1.35. The molecule has 1 amide bonds. The van der Waals surface area contributed by atoms with Crippen molar-refractivity contribution in [3.8, 4) is 0 Å². The maximum atomic E-state index is 12.9. The zero-order valence-corrected chi connectivity index (χ0v) is 17.4. The van der Waals surface area contributed by atoms with Gasteiger partial charge in [0.2, 0.25) is 5.91 Å². The van der Waals surface area contributed by atoms with Gasteiger partial charge in [-0.15, -0.1) is 0 Å². The zero-order valence-electron chi connectivity index (χ0n) is 17.4. The van der Waals surface area contributed by atoms with Gasteiger partial charge in [0.25, 0.3) is 0 Å². The maximum Gasteiger partial charge on any atom is 0.224 e. The number of H-pyrrole nitrogens is 1. The van der Waals surface area contributed by atoms with Crippen molar-refractivity contribution in [2.24, 2.45) is 4.99 Å². The van der Waals surface area contributed by atoms with Crippen molar-refractivity contribution in [2.75, 3.05) is 26.7 Å². The molecule has 1 heterocycles. The predicted octanol–water partition coefficient (Wildman–Crippen LogP) is 2.68. The summed E-state index contributed by atoms with van der Waals surface area (Å²) in [5, 5.41) is 10.6. The van der Waals surface area contributed by atoms with E-state index in [9.17, 15) is 9.18 Å². The molecule has 4 N–H and O–H groups in total. The van der Waals surface area contributed by atoms with Crippen LogP contribution < -0.4 is 16.0 Å². The van der Waals surface area contributed by atoms with Crippen LogP contribution in [0.15, 0.2) is 53.7 Å². The van der Waals surface area contributed by atoms with Gasteiger partial charge in [0.05, 0.1) is 6.42 Å². The monoisotopic (exact) mass is 409 g/mol. The highest BCUT2D eigenvalue weighted by Crippen LogP contribution is 2.19. The first kappa shape index (κ1) is 21.4. The van der Waals surface area contributed by atoms with E-state index in [0.717, 1.165) is 24.0 Å². The molecule has 0 bridgehead atoms. The normalized spacial score (nSPS) is 11.5. The van der Waals surface area contributed by atoms with Gasteiger partial charge in [0.15, 0.2) is 5.96 Å². The molecule has 0 aliphatic carbocycles. The molecule has 158 valence electrons. The number of aromatic amines is 1. The summed E-state index contributed by atoms with van der Waals surface area (Å²) in [7, 11) is 1.72. The summed E-state index contributed by atoms with van der Waals surface area (Å²) >= 11 is 0. The smallest absolute Gasteiger partial charge is 0.224 e. The molecule has 1 aromatic heterocycles. The van der Waals surface area contributed by atoms with Crippen LogP contribution >= 0.6 is 0 Å². The van der Waals surface area contributed by atoms with Crippen molar-refractivity contribution in [3.05, 3.63) is 71.2 Å². The molecule has 30 heavy (non-hydrogen) atoms. The fourth-order valence-electron chi connectivity index (χ4n) is 3.28. The molecular formula is C23H28FN5O. The average molecular weight is 410 g/mol. The van der Waals surface area contributed by atoms with Crippen LogP contribution in [0, 0.1) is 12.7 Å². The number of aliphatic imine (C=N–C) groups is 1. The molecule has 7 heteroatoms. The Kier molecular flexibility index (Phi) is 7.43. The number of hydrogen-bond donors (Lipinski definition) is 4. The average Bonchev–Trinajstić information content (AvgIpc) is 3.13. The number of carbonyl (C=O) groups excluding carboxylic acids is 1. The first-order valence-electron chi connectivity index (χ1n) is 10.1. The number of aryl methyl sites for hydroxylation is 1. The number of hydrogen-bond acceptors (Lipinski definition) is 2. The van der Waals surface area contributed by atoms with Gasteiger partial charge >= 0.3 is 0 Å². The minimum atomic E-state index is -0.304. The minimum absolute atomic E-state index is 0.0964. The summed E-state index contributed by atoms with van der Waals surface area (Å²) in [6.07, 6.45) is 3.16. The second-order valence-electron chi connectivity index (χ2n) is 7.19. The highest BCUT2D eigenvalue weighted by Gasteiger charge is 2.05. The van der Waals surface area contributed by atoms with Crippen molar-refractivity contribution < 1.29 is 9.18 Å². The van der Waals surface area contributed by atoms with E-state index < -0.39 is 0 Å². The lowest BCUT2D eigenvalue weighted by molar-refractivity contribution is -0.120. The van der Waals surface area contributed by atoms with E-state index in [4.69, 9.17) is 0 Å². The Morgan fingerprint density at radius 2 is 1.77 bits per heavy atom. The van der Waals surface area contributed by atoms with Gasteiger partial charge in [-0.3, -0.25) is 9.79 Å². The molecule has 0 unspecified atom stereocenters. The van der Waals surface area contributed by atoms with Gasteiger partial charge in [0.1, 0.15) is 5.82 Å². The van der Waals surface area contributed by atoms with Crippen LogP contribution in [0.3, 0.4) is 0 Å². The molecule has 0 saturated heterocycles. The Labute approximate surface area is 176 Å². The van der Waals surface area contributed by atoms with Gasteiger partial charge < -0.3 is 20.9 Å². The van der Waals surface area contributed by atoms with E-state index in [-0.39, 0.29) is 18.1 Å². The number of carbonyl (C=O) groups is 1. The SMILES string of the molecule is CN=C(NCCNC(=O)Cc1ccc(F)cc1)NCCc1c[nH]c2cc(C)ccc12. The predicted molar refractivity (Wildman–Crippen MR) is 119 cm³/mol. The molecule has 2 aromatic carbocycles. The molecule has 3 aromatic rings. The third kappa shape index (κ3) is 6.07. The topological polar surface area (TPSA) is 81.3 Å². The number of rotatable bonds is 8. The third-order valence-electron chi connectivity index (χ3n) is 4.85. The molecule has 6 nitrogen and oxygen atoms in total. The van der Waals surface area contributed by atoms with E-state index in [2.05, 4.69) is 57.2 Å². The van der Waals surface area contributed by atoms with Gasteiger partial charge in [-0.2, -0.15) is 0 Å². The molecule has 3 rings (SSSR count). The lowest BCUT2D eigenvalue weighted by Crippen LogP contribution is -2.42. The second kappa shape index (κ2) is 10.4. The van der Waals surface area contributed by atoms with Crippen LogP contribution in [-0.4, -0.2) is 43.5 Å². The standard InChI is InChI=1S/C23H28FN5O/c1-16-3-8-20-18(15-29-21(20)13-16)9-10-27-23(25-2)28-12-11-26-22(30)14-17-4-6-19(24)7-5-17/h3-8,13,15,29H,9-12,14H2,1-2H3,(H,26,30)(H2,25,27,28). The highest BCUT2D eigenvalue weighted by molar-refractivity contribution is 5.84. The maximum absolute atomic E-state index is 12.9. The molecule has 0 atom stereocenters. The van der Waals surface area contributed by atoms with Crippen LogP contribution in [0.25, 0.3) is 10.9 Å².